The lowest BCUT2D eigenvalue weighted by molar-refractivity contribution is -0.136. The van der Waals surface area contributed by atoms with Gasteiger partial charge >= 0.3 is 12.1 Å². The molecule has 5 nitrogen and oxygen atoms in total. The number of carbonyl (C=O) groups is 2. The second kappa shape index (κ2) is 6.08. The van der Waals surface area contributed by atoms with Gasteiger partial charge in [-0.25, -0.2) is 9.59 Å². The van der Waals surface area contributed by atoms with E-state index in [2.05, 4.69) is 4.74 Å². The molecule has 0 radical (unpaired) electrons. The summed E-state index contributed by atoms with van der Waals surface area (Å²) < 4.78 is 10.0. The number of nitrogens with zero attached hydrogens (tertiary/aromatic N) is 1. The maximum absolute atomic E-state index is 12.1. The van der Waals surface area contributed by atoms with Crippen molar-refractivity contribution in [1.82, 2.24) is 4.90 Å². The van der Waals surface area contributed by atoms with Gasteiger partial charge in [-0.05, 0) is 40.5 Å². The summed E-state index contributed by atoms with van der Waals surface area (Å²) in [5.41, 5.74) is 0.00803. The van der Waals surface area contributed by atoms with Gasteiger partial charge in [-0.15, -0.1) is 0 Å². The molecule has 1 fully saturated rings. The Morgan fingerprint density at radius 1 is 1.32 bits per heavy atom. The number of rotatable bonds is 2. The van der Waals surface area contributed by atoms with Crippen molar-refractivity contribution in [3.63, 3.8) is 0 Å². The van der Waals surface area contributed by atoms with E-state index < -0.39 is 5.60 Å². The summed E-state index contributed by atoms with van der Waals surface area (Å²) in [5, 5.41) is 0. The molecule has 1 amide bonds. The second-order valence-corrected chi connectivity index (χ2v) is 5.72. The van der Waals surface area contributed by atoms with Gasteiger partial charge in [0.05, 0.1) is 13.2 Å². The van der Waals surface area contributed by atoms with Gasteiger partial charge in [0.2, 0.25) is 0 Å². The van der Waals surface area contributed by atoms with E-state index >= 15 is 0 Å². The van der Waals surface area contributed by atoms with Crippen molar-refractivity contribution >= 4 is 12.1 Å². The van der Waals surface area contributed by atoms with Crippen LogP contribution < -0.4 is 0 Å². The number of esters is 1. The normalized spacial score (nSPS) is 20.4. The van der Waals surface area contributed by atoms with E-state index in [0.717, 1.165) is 12.8 Å². The fourth-order valence-electron chi connectivity index (χ4n) is 2.03. The van der Waals surface area contributed by atoms with E-state index in [1.165, 1.54) is 7.11 Å². The third-order valence-electron chi connectivity index (χ3n) is 2.88. The van der Waals surface area contributed by atoms with Crippen LogP contribution >= 0.6 is 0 Å². The molecule has 0 N–H and O–H groups in total. The molecule has 0 aromatic carbocycles. The number of hydrogen-bond donors (Lipinski definition) is 0. The molecule has 0 saturated carbocycles. The van der Waals surface area contributed by atoms with Gasteiger partial charge < -0.3 is 14.4 Å². The van der Waals surface area contributed by atoms with Gasteiger partial charge in [-0.3, -0.25) is 0 Å². The molecule has 1 heterocycles. The van der Waals surface area contributed by atoms with E-state index in [0.29, 0.717) is 12.1 Å². The molecule has 1 unspecified atom stereocenters. The third-order valence-corrected chi connectivity index (χ3v) is 2.88. The predicted molar refractivity (Wildman–Crippen MR) is 71.7 cm³/mol. The first kappa shape index (κ1) is 15.5. The summed E-state index contributed by atoms with van der Waals surface area (Å²) in [6.45, 7) is 7.87. The van der Waals surface area contributed by atoms with Gasteiger partial charge in [-0.2, -0.15) is 0 Å². The average Bonchev–Trinajstić information content (AvgIpc) is 2.73. The van der Waals surface area contributed by atoms with Crippen LogP contribution in [0.3, 0.4) is 0 Å². The minimum absolute atomic E-state index is 0.0889. The minimum Gasteiger partial charge on any atom is -0.466 e. The maximum Gasteiger partial charge on any atom is 0.410 e. The van der Waals surface area contributed by atoms with Crippen LogP contribution in [0, 0.1) is 0 Å². The van der Waals surface area contributed by atoms with Crippen molar-refractivity contribution in [2.45, 2.75) is 52.2 Å². The van der Waals surface area contributed by atoms with Crippen LogP contribution in [0.25, 0.3) is 0 Å². The van der Waals surface area contributed by atoms with E-state index in [1.54, 1.807) is 17.9 Å². The molecule has 0 aliphatic carbocycles. The lowest BCUT2D eigenvalue weighted by Gasteiger charge is -2.27. The van der Waals surface area contributed by atoms with Crippen molar-refractivity contribution in [3.8, 4) is 0 Å². The van der Waals surface area contributed by atoms with Crippen molar-refractivity contribution in [2.75, 3.05) is 13.7 Å². The monoisotopic (exact) mass is 269 g/mol. The summed E-state index contributed by atoms with van der Waals surface area (Å²) in [4.78, 5) is 25.1. The Morgan fingerprint density at radius 2 is 1.95 bits per heavy atom. The van der Waals surface area contributed by atoms with Crippen molar-refractivity contribution < 1.29 is 19.1 Å². The van der Waals surface area contributed by atoms with Gasteiger partial charge in [0, 0.05) is 12.1 Å². The molecule has 0 aromatic rings. The molecule has 1 rings (SSSR count). The van der Waals surface area contributed by atoms with E-state index in [-0.39, 0.29) is 18.1 Å². The predicted octanol–water partition coefficient (Wildman–Crippen LogP) is 2.51. The van der Waals surface area contributed by atoms with Crippen LogP contribution in [0.15, 0.2) is 11.6 Å². The Bertz CT molecular complexity index is 381. The highest BCUT2D eigenvalue weighted by atomic mass is 16.6. The topological polar surface area (TPSA) is 55.8 Å². The highest BCUT2D eigenvalue weighted by Crippen LogP contribution is 2.22. The molecule has 0 aromatic heterocycles. The van der Waals surface area contributed by atoms with E-state index in [4.69, 9.17) is 4.74 Å². The largest absolute Gasteiger partial charge is 0.466 e. The molecule has 0 bridgehead atoms. The smallest absolute Gasteiger partial charge is 0.410 e. The lowest BCUT2D eigenvalue weighted by Crippen LogP contribution is -2.39. The first-order valence-corrected chi connectivity index (χ1v) is 6.51. The quantitative estimate of drug-likeness (QED) is 0.571. The number of carbonyl (C=O) groups excluding carboxylic acids is 2. The molecular formula is C14H23NO4. The molecular weight excluding hydrogens is 246 g/mol. The van der Waals surface area contributed by atoms with Crippen LogP contribution in [-0.4, -0.2) is 42.3 Å². The Kier molecular flexibility index (Phi) is 4.97. The highest BCUT2D eigenvalue weighted by molar-refractivity contribution is 5.87. The Balaban J connectivity index is 2.74. The standard InChI is InChI=1S/C14H23NO4/c1-10(12(16)18-5)9-11-7-6-8-15(11)13(17)19-14(2,3)4/h9,11H,6-8H2,1-5H3. The summed E-state index contributed by atoms with van der Waals surface area (Å²) >= 11 is 0. The average molecular weight is 269 g/mol. The summed E-state index contributed by atoms with van der Waals surface area (Å²) in [6.07, 6.45) is 3.20. The molecule has 1 saturated heterocycles. The number of hydrogen-bond acceptors (Lipinski definition) is 4. The van der Waals surface area contributed by atoms with Crippen molar-refractivity contribution in [3.05, 3.63) is 11.6 Å². The van der Waals surface area contributed by atoms with Gasteiger partial charge in [0.15, 0.2) is 0 Å². The number of likely N-dealkylation sites (tertiary alicyclic amines) is 1. The molecule has 1 aliphatic rings. The SMILES string of the molecule is COC(=O)C(C)=CC1CCCN1C(=O)OC(C)(C)C. The van der Waals surface area contributed by atoms with E-state index in [9.17, 15) is 9.59 Å². The van der Waals surface area contributed by atoms with Gasteiger partial charge in [0.25, 0.3) is 0 Å². The zero-order valence-corrected chi connectivity index (χ0v) is 12.4. The molecule has 1 aliphatic heterocycles. The molecule has 1 atom stereocenters. The lowest BCUT2D eigenvalue weighted by atomic mass is 10.1. The Morgan fingerprint density at radius 3 is 2.47 bits per heavy atom. The van der Waals surface area contributed by atoms with Crippen LogP contribution in [-0.2, 0) is 14.3 Å². The molecule has 19 heavy (non-hydrogen) atoms. The molecule has 108 valence electrons. The number of methoxy groups -OCH3 is 1. The first-order chi connectivity index (χ1) is 8.74. The summed E-state index contributed by atoms with van der Waals surface area (Å²) in [6, 6.07) is -0.0889. The number of ether oxygens (including phenoxy) is 2. The summed E-state index contributed by atoms with van der Waals surface area (Å²) in [5.74, 6) is -0.365. The van der Waals surface area contributed by atoms with Gasteiger partial charge in [-0.1, -0.05) is 6.08 Å². The fraction of sp³-hybridized carbons (Fsp3) is 0.714. The molecule has 5 heteroatoms. The summed E-state index contributed by atoms with van der Waals surface area (Å²) in [7, 11) is 1.35. The van der Waals surface area contributed by atoms with Crippen LogP contribution in [0.2, 0.25) is 0 Å². The number of amides is 1. The Hall–Kier alpha value is -1.52. The second-order valence-electron chi connectivity index (χ2n) is 5.72. The minimum atomic E-state index is -0.509. The van der Waals surface area contributed by atoms with Crippen molar-refractivity contribution in [2.24, 2.45) is 0 Å². The zero-order chi connectivity index (χ0) is 14.6. The highest BCUT2D eigenvalue weighted by Gasteiger charge is 2.31. The van der Waals surface area contributed by atoms with Crippen LogP contribution in [0.5, 0.6) is 0 Å². The van der Waals surface area contributed by atoms with Crippen molar-refractivity contribution in [1.29, 1.82) is 0 Å². The Labute approximate surface area is 114 Å². The fourth-order valence-corrected chi connectivity index (χ4v) is 2.03. The van der Waals surface area contributed by atoms with Crippen LogP contribution in [0.4, 0.5) is 4.79 Å². The maximum atomic E-state index is 12.1. The van der Waals surface area contributed by atoms with Gasteiger partial charge in [0.1, 0.15) is 5.60 Å². The first-order valence-electron chi connectivity index (χ1n) is 6.51. The zero-order valence-electron chi connectivity index (χ0n) is 12.4. The third kappa shape index (κ3) is 4.58. The molecule has 0 spiro atoms. The van der Waals surface area contributed by atoms with Crippen LogP contribution in [0.1, 0.15) is 40.5 Å². The van der Waals surface area contributed by atoms with E-state index in [1.807, 2.05) is 20.8 Å².